The number of anilines is 1. The molecule has 3 heterocycles. The van der Waals surface area contributed by atoms with Crippen molar-refractivity contribution in [2.75, 3.05) is 5.32 Å². The average Bonchev–Trinajstić information content (AvgIpc) is 3.16. The smallest absolute Gasteiger partial charge is 0.231 e. The summed E-state index contributed by atoms with van der Waals surface area (Å²) in [4.78, 5) is 20.7. The Morgan fingerprint density at radius 2 is 2.06 bits per heavy atom. The van der Waals surface area contributed by atoms with Crippen molar-refractivity contribution in [3.05, 3.63) is 41.2 Å². The quantitative estimate of drug-likeness (QED) is 0.414. The maximum Gasteiger partial charge on any atom is 0.231 e. The zero-order chi connectivity index (χ0) is 22.9. The van der Waals surface area contributed by atoms with E-state index in [4.69, 9.17) is 11.6 Å². The molecule has 2 atom stereocenters. The molecule has 2 aliphatic rings. The van der Waals surface area contributed by atoms with Crippen LogP contribution in [0.25, 0.3) is 27.8 Å². The molecule has 1 aromatic carbocycles. The van der Waals surface area contributed by atoms with Crippen LogP contribution in [0.15, 0.2) is 24.8 Å². The second-order valence-corrected chi connectivity index (χ2v) is 9.16. The molecule has 8 nitrogen and oxygen atoms in total. The maximum atomic E-state index is 15.6. The summed E-state index contributed by atoms with van der Waals surface area (Å²) in [5, 5.41) is 21.0. The summed E-state index contributed by atoms with van der Waals surface area (Å²) < 4.78 is 30.3. The SMILES string of the molecule is O=C(Nc1cn2cc(-c3c(Cl)c(F)c(C4(O)CCCC4)c4[nH]ncc34)ncc2n1)[C@@H]1C[C@@H]1F. The van der Waals surface area contributed by atoms with E-state index in [-0.39, 0.29) is 22.8 Å². The van der Waals surface area contributed by atoms with Gasteiger partial charge in [-0.25, -0.2) is 13.8 Å². The van der Waals surface area contributed by atoms with Gasteiger partial charge in [0.25, 0.3) is 0 Å². The van der Waals surface area contributed by atoms with Crippen LogP contribution < -0.4 is 5.32 Å². The van der Waals surface area contributed by atoms with Crippen LogP contribution >= 0.6 is 11.6 Å². The van der Waals surface area contributed by atoms with Gasteiger partial charge in [-0.3, -0.25) is 14.9 Å². The van der Waals surface area contributed by atoms with E-state index in [1.165, 1.54) is 12.4 Å². The summed E-state index contributed by atoms with van der Waals surface area (Å²) in [5.41, 5.74) is 0.375. The van der Waals surface area contributed by atoms with Gasteiger partial charge in [0.1, 0.15) is 6.17 Å². The monoisotopic (exact) mass is 472 g/mol. The fraction of sp³-hybridized carbons (Fsp3) is 0.364. The van der Waals surface area contributed by atoms with Gasteiger partial charge >= 0.3 is 0 Å². The van der Waals surface area contributed by atoms with Gasteiger partial charge in [-0.15, -0.1) is 0 Å². The highest BCUT2D eigenvalue weighted by Crippen LogP contribution is 2.47. The molecular formula is C22H19ClF2N6O2. The van der Waals surface area contributed by atoms with E-state index in [9.17, 15) is 14.3 Å². The lowest BCUT2D eigenvalue weighted by atomic mass is 9.88. The molecule has 2 saturated carbocycles. The van der Waals surface area contributed by atoms with Gasteiger partial charge in [-0.1, -0.05) is 24.4 Å². The van der Waals surface area contributed by atoms with Crippen LogP contribution in [0.4, 0.5) is 14.6 Å². The van der Waals surface area contributed by atoms with E-state index in [0.29, 0.717) is 40.6 Å². The van der Waals surface area contributed by atoms with Gasteiger partial charge in [0.05, 0.1) is 46.3 Å². The lowest BCUT2D eigenvalue weighted by molar-refractivity contribution is -0.117. The fourth-order valence-electron chi connectivity index (χ4n) is 4.75. The zero-order valence-electron chi connectivity index (χ0n) is 17.3. The van der Waals surface area contributed by atoms with E-state index < -0.39 is 29.4 Å². The van der Waals surface area contributed by atoms with Crippen molar-refractivity contribution >= 4 is 39.9 Å². The fourth-order valence-corrected chi connectivity index (χ4v) is 5.05. The number of carbonyl (C=O) groups is 1. The van der Waals surface area contributed by atoms with E-state index in [1.807, 2.05) is 0 Å². The normalized spacial score (nSPS) is 21.7. The maximum absolute atomic E-state index is 15.6. The lowest BCUT2D eigenvalue weighted by Gasteiger charge is -2.25. The molecular weight excluding hydrogens is 454 g/mol. The Balaban J connectivity index is 1.44. The number of H-pyrrole nitrogens is 1. The molecule has 2 fully saturated rings. The first-order valence-electron chi connectivity index (χ1n) is 10.7. The van der Waals surface area contributed by atoms with Gasteiger partial charge in [-0.2, -0.15) is 5.10 Å². The van der Waals surface area contributed by atoms with Crippen molar-refractivity contribution in [1.29, 1.82) is 0 Å². The number of hydrogen-bond acceptors (Lipinski definition) is 5. The van der Waals surface area contributed by atoms with Crippen LogP contribution in [0.5, 0.6) is 0 Å². The molecule has 3 N–H and O–H groups in total. The number of nitrogens with zero attached hydrogens (tertiary/aromatic N) is 4. The molecule has 2 aliphatic carbocycles. The van der Waals surface area contributed by atoms with Crippen LogP contribution in [0, 0.1) is 11.7 Å². The Hall–Kier alpha value is -3.11. The first-order chi connectivity index (χ1) is 15.9. The number of amides is 1. The zero-order valence-corrected chi connectivity index (χ0v) is 18.0. The summed E-state index contributed by atoms with van der Waals surface area (Å²) in [7, 11) is 0. The largest absolute Gasteiger partial charge is 0.385 e. The lowest BCUT2D eigenvalue weighted by Crippen LogP contribution is -2.23. The number of benzene rings is 1. The molecule has 0 radical (unpaired) electrons. The molecule has 0 saturated heterocycles. The Bertz CT molecular complexity index is 1430. The molecule has 170 valence electrons. The van der Waals surface area contributed by atoms with E-state index in [0.717, 1.165) is 12.8 Å². The Kier molecular flexibility index (Phi) is 4.47. The van der Waals surface area contributed by atoms with Gasteiger partial charge in [-0.05, 0) is 19.3 Å². The van der Waals surface area contributed by atoms with Crippen molar-refractivity contribution < 1.29 is 18.7 Å². The predicted molar refractivity (Wildman–Crippen MR) is 117 cm³/mol. The number of aromatic nitrogens is 5. The van der Waals surface area contributed by atoms with E-state index >= 15 is 4.39 Å². The molecule has 11 heteroatoms. The number of fused-ring (bicyclic) bond motifs is 2. The third-order valence-electron chi connectivity index (χ3n) is 6.58. The number of halogens is 3. The third kappa shape index (κ3) is 3.19. The number of hydrogen-bond donors (Lipinski definition) is 3. The number of aromatic amines is 1. The molecule has 1 amide bonds. The van der Waals surface area contributed by atoms with Gasteiger partial charge in [0.15, 0.2) is 17.3 Å². The number of alkyl halides is 1. The van der Waals surface area contributed by atoms with Crippen molar-refractivity contribution in [2.24, 2.45) is 5.92 Å². The van der Waals surface area contributed by atoms with Crippen molar-refractivity contribution in [3.8, 4) is 11.3 Å². The summed E-state index contributed by atoms with van der Waals surface area (Å²) in [5.74, 6) is -1.47. The van der Waals surface area contributed by atoms with E-state index in [2.05, 4.69) is 25.5 Å². The van der Waals surface area contributed by atoms with Crippen molar-refractivity contribution in [2.45, 2.75) is 43.9 Å². The number of aliphatic hydroxyl groups is 1. The van der Waals surface area contributed by atoms with Gasteiger partial charge in [0, 0.05) is 22.7 Å². The summed E-state index contributed by atoms with van der Waals surface area (Å²) in [6, 6.07) is 0. The molecule has 0 unspecified atom stereocenters. The highest BCUT2D eigenvalue weighted by molar-refractivity contribution is 6.35. The highest BCUT2D eigenvalue weighted by Gasteiger charge is 2.44. The summed E-state index contributed by atoms with van der Waals surface area (Å²) >= 11 is 6.50. The molecule has 6 rings (SSSR count). The minimum atomic E-state index is -1.30. The average molecular weight is 473 g/mol. The summed E-state index contributed by atoms with van der Waals surface area (Å²) in [6.07, 6.45) is 7.81. The topological polar surface area (TPSA) is 108 Å². The van der Waals surface area contributed by atoms with E-state index in [1.54, 1.807) is 16.8 Å². The minimum Gasteiger partial charge on any atom is -0.385 e. The highest BCUT2D eigenvalue weighted by atomic mass is 35.5. The molecule has 0 aliphatic heterocycles. The third-order valence-corrected chi connectivity index (χ3v) is 6.94. The van der Waals surface area contributed by atoms with Gasteiger partial charge in [0.2, 0.25) is 5.91 Å². The van der Waals surface area contributed by atoms with Crippen molar-refractivity contribution in [3.63, 3.8) is 0 Å². The molecule has 0 spiro atoms. The Morgan fingerprint density at radius 3 is 2.79 bits per heavy atom. The number of imidazole rings is 1. The first-order valence-corrected chi connectivity index (χ1v) is 11.1. The number of carbonyl (C=O) groups excluding carboxylic acids is 1. The second kappa shape index (κ2) is 7.19. The first kappa shape index (κ1) is 20.5. The Morgan fingerprint density at radius 1 is 1.30 bits per heavy atom. The van der Waals surface area contributed by atoms with Crippen LogP contribution in [0.1, 0.15) is 37.7 Å². The van der Waals surface area contributed by atoms with Crippen LogP contribution in [-0.4, -0.2) is 41.8 Å². The van der Waals surface area contributed by atoms with Crippen LogP contribution in [0.2, 0.25) is 5.02 Å². The van der Waals surface area contributed by atoms with Crippen molar-refractivity contribution in [1.82, 2.24) is 24.6 Å². The minimum absolute atomic E-state index is 0.140. The number of nitrogens with one attached hydrogen (secondary N) is 2. The standard InChI is InChI=1S/C22H19ClF2N6O2/c23-18-16(11-6-27-30-20(11)17(19(18)25)22(33)3-1-2-4-22)13-8-31-9-14(28-15(31)7-26-13)29-21(32)10-5-12(10)24/h6-10,12,33H,1-5H2,(H,27,30)(H,29,32)/t10-,12+/m1/s1. The molecule has 4 aromatic rings. The Labute approximate surface area is 191 Å². The molecule has 3 aromatic heterocycles. The second-order valence-electron chi connectivity index (χ2n) is 8.79. The molecule has 0 bridgehead atoms. The summed E-state index contributed by atoms with van der Waals surface area (Å²) in [6.45, 7) is 0. The molecule has 33 heavy (non-hydrogen) atoms. The van der Waals surface area contributed by atoms with Crippen LogP contribution in [-0.2, 0) is 10.4 Å². The van der Waals surface area contributed by atoms with Gasteiger partial charge < -0.3 is 14.8 Å². The van der Waals surface area contributed by atoms with Crippen LogP contribution in [0.3, 0.4) is 0 Å². The number of rotatable bonds is 4. The predicted octanol–water partition coefficient (Wildman–Crippen LogP) is 4.12.